The normalized spacial score (nSPS) is 17.5. The number of ketones is 1. The van der Waals surface area contributed by atoms with Gasteiger partial charge in [0.2, 0.25) is 5.82 Å². The number of carbonyl (C=O) groups is 2. The number of aromatic nitrogens is 2. The second-order valence-corrected chi connectivity index (χ2v) is 4.79. The van der Waals surface area contributed by atoms with Crippen LogP contribution in [0, 0.1) is 0 Å². The molecular formula is C13H9ClN2O3. The minimum absolute atomic E-state index is 0.127. The number of nitrogens with zero attached hydrogens (tertiary/aromatic N) is 2. The fourth-order valence-corrected chi connectivity index (χ4v) is 2.56. The number of carbonyl (C=O) groups excluding carboxylic acids is 1. The number of hydrogen-bond acceptors (Lipinski definition) is 3. The lowest BCUT2D eigenvalue weighted by Gasteiger charge is -2.11. The molecule has 1 aliphatic carbocycles. The van der Waals surface area contributed by atoms with Crippen molar-refractivity contribution in [1.82, 2.24) is 9.55 Å². The highest BCUT2D eigenvalue weighted by molar-refractivity contribution is 6.31. The van der Waals surface area contributed by atoms with Crippen molar-refractivity contribution in [2.24, 2.45) is 0 Å². The van der Waals surface area contributed by atoms with E-state index in [1.807, 2.05) is 0 Å². The summed E-state index contributed by atoms with van der Waals surface area (Å²) in [7, 11) is 0. The van der Waals surface area contributed by atoms with Gasteiger partial charge in [0.05, 0.1) is 0 Å². The van der Waals surface area contributed by atoms with Gasteiger partial charge in [-0.05, 0) is 17.7 Å². The van der Waals surface area contributed by atoms with Crippen LogP contribution in [0.5, 0.6) is 0 Å². The summed E-state index contributed by atoms with van der Waals surface area (Å²) in [5.74, 6) is -1.40. The summed E-state index contributed by atoms with van der Waals surface area (Å²) in [6, 6.07) is 4.59. The molecular weight excluding hydrogens is 268 g/mol. The first-order chi connectivity index (χ1) is 9.08. The van der Waals surface area contributed by atoms with Gasteiger partial charge < -0.3 is 9.67 Å². The van der Waals surface area contributed by atoms with E-state index in [2.05, 4.69) is 4.98 Å². The number of halogens is 1. The molecule has 0 fully saturated rings. The van der Waals surface area contributed by atoms with Crippen LogP contribution in [0.4, 0.5) is 0 Å². The summed E-state index contributed by atoms with van der Waals surface area (Å²) < 4.78 is 1.40. The Labute approximate surface area is 113 Å². The highest BCUT2D eigenvalue weighted by Crippen LogP contribution is 2.32. The lowest BCUT2D eigenvalue weighted by Crippen LogP contribution is -2.19. The summed E-state index contributed by atoms with van der Waals surface area (Å²) >= 11 is 5.88. The maximum atomic E-state index is 12.3. The lowest BCUT2D eigenvalue weighted by molar-refractivity contribution is 0.0675. The van der Waals surface area contributed by atoms with Crippen LogP contribution in [0.1, 0.15) is 32.6 Å². The Balaban J connectivity index is 2.04. The zero-order valence-electron chi connectivity index (χ0n) is 9.71. The first-order valence-corrected chi connectivity index (χ1v) is 6.04. The smallest absolute Gasteiger partial charge is 0.372 e. The molecule has 0 saturated heterocycles. The summed E-state index contributed by atoms with van der Waals surface area (Å²) in [5, 5.41) is 9.54. The average Bonchev–Trinajstić information content (AvgIpc) is 2.95. The van der Waals surface area contributed by atoms with Crippen LogP contribution in [-0.4, -0.2) is 26.4 Å². The molecule has 2 aromatic rings. The van der Waals surface area contributed by atoms with Gasteiger partial charge in [-0.2, -0.15) is 0 Å². The second kappa shape index (κ2) is 4.20. The third-order valence-corrected chi connectivity index (χ3v) is 3.48. The molecule has 1 unspecified atom stereocenters. The molecule has 0 amide bonds. The standard InChI is InChI=1S/C13H9ClN2O3/c14-8-2-1-7-5-10(11(17)9(7)6-8)16-4-3-15-12(16)13(18)19/h1-4,6,10H,5H2,(H,18,19). The Hall–Kier alpha value is -2.14. The molecule has 1 aromatic carbocycles. The molecule has 0 spiro atoms. The van der Waals surface area contributed by atoms with E-state index >= 15 is 0 Å². The van der Waals surface area contributed by atoms with Crippen molar-refractivity contribution in [3.05, 3.63) is 52.6 Å². The summed E-state index contributed by atoms with van der Waals surface area (Å²) in [6.07, 6.45) is 3.36. The number of Topliss-reactive ketones (excluding diaryl/α,β-unsaturated/α-hetero) is 1. The molecule has 0 aliphatic heterocycles. The van der Waals surface area contributed by atoms with Crippen LogP contribution in [0.15, 0.2) is 30.6 Å². The average molecular weight is 277 g/mol. The fourth-order valence-electron chi connectivity index (χ4n) is 2.39. The highest BCUT2D eigenvalue weighted by atomic mass is 35.5. The Morgan fingerprint density at radius 1 is 1.47 bits per heavy atom. The molecule has 0 bridgehead atoms. The van der Waals surface area contributed by atoms with E-state index in [4.69, 9.17) is 16.7 Å². The third-order valence-electron chi connectivity index (χ3n) is 3.25. The van der Waals surface area contributed by atoms with Crippen LogP contribution < -0.4 is 0 Å². The van der Waals surface area contributed by atoms with Crippen molar-refractivity contribution in [3.8, 4) is 0 Å². The minimum Gasteiger partial charge on any atom is -0.475 e. The van der Waals surface area contributed by atoms with E-state index in [9.17, 15) is 9.59 Å². The number of aromatic carboxylic acids is 1. The van der Waals surface area contributed by atoms with Crippen molar-refractivity contribution >= 4 is 23.4 Å². The number of benzene rings is 1. The highest BCUT2D eigenvalue weighted by Gasteiger charge is 2.33. The van der Waals surface area contributed by atoms with E-state index in [1.54, 1.807) is 18.2 Å². The van der Waals surface area contributed by atoms with Gasteiger partial charge in [0.25, 0.3) is 0 Å². The van der Waals surface area contributed by atoms with E-state index in [-0.39, 0.29) is 11.6 Å². The molecule has 1 aliphatic rings. The van der Waals surface area contributed by atoms with Gasteiger partial charge in [-0.1, -0.05) is 17.7 Å². The lowest BCUT2D eigenvalue weighted by atomic mass is 10.1. The van der Waals surface area contributed by atoms with Crippen molar-refractivity contribution in [2.45, 2.75) is 12.5 Å². The number of fused-ring (bicyclic) bond motifs is 1. The molecule has 5 nitrogen and oxygen atoms in total. The fraction of sp³-hybridized carbons (Fsp3) is 0.154. The molecule has 1 atom stereocenters. The number of carboxylic acid groups (broad SMARTS) is 1. The quantitative estimate of drug-likeness (QED) is 0.913. The summed E-state index contributed by atoms with van der Waals surface area (Å²) in [6.45, 7) is 0. The van der Waals surface area contributed by atoms with E-state index in [1.165, 1.54) is 17.0 Å². The van der Waals surface area contributed by atoms with E-state index in [0.717, 1.165) is 5.56 Å². The SMILES string of the molecule is O=C(O)c1nccn1C1Cc2ccc(Cl)cc2C1=O. The van der Waals surface area contributed by atoms with Crippen LogP contribution in [0.2, 0.25) is 5.02 Å². The van der Waals surface area contributed by atoms with Gasteiger partial charge in [-0.25, -0.2) is 9.78 Å². The number of carboxylic acids is 1. The molecule has 3 rings (SSSR count). The van der Waals surface area contributed by atoms with Crippen molar-refractivity contribution in [3.63, 3.8) is 0 Å². The Morgan fingerprint density at radius 2 is 2.26 bits per heavy atom. The van der Waals surface area contributed by atoms with Crippen LogP contribution in [-0.2, 0) is 6.42 Å². The van der Waals surface area contributed by atoms with Gasteiger partial charge in [-0.15, -0.1) is 0 Å². The van der Waals surface area contributed by atoms with Crippen LogP contribution in [0.3, 0.4) is 0 Å². The van der Waals surface area contributed by atoms with Gasteiger partial charge >= 0.3 is 5.97 Å². The van der Waals surface area contributed by atoms with Gasteiger partial charge in [0.1, 0.15) is 6.04 Å². The molecule has 1 aromatic heterocycles. The number of hydrogen-bond donors (Lipinski definition) is 1. The Kier molecular flexibility index (Phi) is 2.64. The van der Waals surface area contributed by atoms with Gasteiger partial charge in [0, 0.05) is 29.4 Å². The second-order valence-electron chi connectivity index (χ2n) is 4.35. The molecule has 6 heteroatoms. The van der Waals surface area contributed by atoms with Crippen molar-refractivity contribution in [1.29, 1.82) is 0 Å². The predicted octanol–water partition coefficient (Wildman–Crippen LogP) is 2.21. The number of rotatable bonds is 2. The largest absolute Gasteiger partial charge is 0.475 e. The summed E-state index contributed by atoms with van der Waals surface area (Å²) in [5.41, 5.74) is 1.44. The zero-order valence-corrected chi connectivity index (χ0v) is 10.5. The Bertz CT molecular complexity index is 693. The molecule has 96 valence electrons. The van der Waals surface area contributed by atoms with Gasteiger partial charge in [-0.3, -0.25) is 4.79 Å². The van der Waals surface area contributed by atoms with Crippen molar-refractivity contribution in [2.75, 3.05) is 0 Å². The first kappa shape index (κ1) is 11.9. The van der Waals surface area contributed by atoms with E-state index < -0.39 is 12.0 Å². The topological polar surface area (TPSA) is 72.2 Å². The predicted molar refractivity (Wildman–Crippen MR) is 67.7 cm³/mol. The number of imidazole rings is 1. The van der Waals surface area contributed by atoms with Crippen molar-refractivity contribution < 1.29 is 14.7 Å². The zero-order chi connectivity index (χ0) is 13.6. The third kappa shape index (κ3) is 1.82. The van der Waals surface area contributed by atoms with Crippen LogP contribution in [0.25, 0.3) is 0 Å². The van der Waals surface area contributed by atoms with Crippen LogP contribution >= 0.6 is 11.6 Å². The molecule has 1 N–H and O–H groups in total. The monoisotopic (exact) mass is 276 g/mol. The molecule has 1 heterocycles. The minimum atomic E-state index is -1.15. The van der Waals surface area contributed by atoms with E-state index in [0.29, 0.717) is 17.0 Å². The Morgan fingerprint density at radius 3 is 3.00 bits per heavy atom. The first-order valence-electron chi connectivity index (χ1n) is 5.66. The maximum absolute atomic E-state index is 12.3. The molecule has 0 radical (unpaired) electrons. The van der Waals surface area contributed by atoms with Gasteiger partial charge in [0.15, 0.2) is 5.78 Å². The molecule has 0 saturated carbocycles. The summed E-state index contributed by atoms with van der Waals surface area (Å²) in [4.78, 5) is 27.1. The maximum Gasteiger partial charge on any atom is 0.372 e. The molecule has 19 heavy (non-hydrogen) atoms.